The molecule has 0 saturated carbocycles. The molecule has 1 heterocycles. The number of hydrogen-bond donors (Lipinski definition) is 0. The van der Waals surface area contributed by atoms with E-state index in [-0.39, 0.29) is 0 Å². The molecule has 0 aliphatic rings. The zero-order chi connectivity index (χ0) is 13.7. The zero-order valence-corrected chi connectivity index (χ0v) is 13.4. The van der Waals surface area contributed by atoms with Gasteiger partial charge in [-0.25, -0.2) is 0 Å². The van der Waals surface area contributed by atoms with E-state index in [1.165, 1.54) is 5.56 Å². The molecule has 0 fully saturated rings. The zero-order valence-electron chi connectivity index (χ0n) is 11.6. The van der Waals surface area contributed by atoms with Crippen molar-refractivity contribution >= 4 is 31.6 Å². The monoisotopic (exact) mass is 289 g/mol. The molecule has 2 aromatic rings. The maximum absolute atomic E-state index is 6.05. The molecule has 0 aliphatic carbocycles. The highest BCUT2D eigenvalue weighted by Gasteiger charge is 2.17. The Morgan fingerprint density at radius 3 is 2.68 bits per heavy atom. The van der Waals surface area contributed by atoms with Crippen LogP contribution in [0.5, 0.6) is 5.75 Å². The van der Waals surface area contributed by atoms with Crippen molar-refractivity contribution in [2.75, 3.05) is 0 Å². The number of aliphatic imine (C=N–C) groups is 1. The maximum atomic E-state index is 6.05. The highest BCUT2D eigenvalue weighted by Crippen LogP contribution is 2.28. The van der Waals surface area contributed by atoms with Gasteiger partial charge in [-0.3, -0.25) is 4.99 Å². The molecule has 100 valence electrons. The molecule has 2 rings (SSSR count). The number of rotatable bonds is 5. The third kappa shape index (κ3) is 4.65. The van der Waals surface area contributed by atoms with Gasteiger partial charge in [0.25, 0.3) is 0 Å². The van der Waals surface area contributed by atoms with Crippen LogP contribution in [-0.2, 0) is 6.42 Å². The van der Waals surface area contributed by atoms with Crippen molar-refractivity contribution in [3.8, 4) is 5.75 Å². The molecule has 0 unspecified atom stereocenters. The van der Waals surface area contributed by atoms with E-state index in [2.05, 4.69) is 41.5 Å². The third-order valence-electron chi connectivity index (χ3n) is 2.42. The van der Waals surface area contributed by atoms with E-state index >= 15 is 0 Å². The summed E-state index contributed by atoms with van der Waals surface area (Å²) in [6.45, 7) is 6.54. The second-order valence-electron chi connectivity index (χ2n) is 5.33. The molecule has 0 amide bonds. The van der Waals surface area contributed by atoms with Crippen molar-refractivity contribution in [2.24, 2.45) is 4.99 Å². The molecular formula is C15H19NOSSi. The van der Waals surface area contributed by atoms with Crippen molar-refractivity contribution in [1.29, 1.82) is 0 Å². The van der Waals surface area contributed by atoms with Gasteiger partial charge in [0, 0.05) is 12.6 Å². The lowest BCUT2D eigenvalue weighted by atomic mass is 10.2. The summed E-state index contributed by atoms with van der Waals surface area (Å²) in [4.78, 5) is 4.54. The summed E-state index contributed by atoms with van der Waals surface area (Å²) in [6.07, 6.45) is 2.82. The molecule has 0 atom stereocenters. The number of thiophene rings is 1. The highest BCUT2D eigenvalue weighted by atomic mass is 32.1. The molecule has 4 heteroatoms. The summed E-state index contributed by atoms with van der Waals surface area (Å²) >= 11 is 1.72. The van der Waals surface area contributed by atoms with E-state index in [1.54, 1.807) is 11.3 Å². The second kappa shape index (κ2) is 6.17. The second-order valence-corrected chi connectivity index (χ2v) is 10.5. The minimum Gasteiger partial charge on any atom is -0.543 e. The van der Waals surface area contributed by atoms with Crippen LogP contribution in [0, 0.1) is 0 Å². The topological polar surface area (TPSA) is 21.6 Å². The van der Waals surface area contributed by atoms with Gasteiger partial charge in [-0.1, -0.05) is 12.1 Å². The lowest BCUT2D eigenvalue weighted by Gasteiger charge is -2.20. The Bertz CT molecular complexity index is 544. The Kier molecular flexibility index (Phi) is 4.55. The van der Waals surface area contributed by atoms with Gasteiger partial charge >= 0.3 is 0 Å². The molecule has 0 N–H and O–H groups in total. The first-order valence-electron chi connectivity index (χ1n) is 6.36. The minimum absolute atomic E-state index is 0.866. The van der Waals surface area contributed by atoms with Crippen molar-refractivity contribution in [2.45, 2.75) is 26.1 Å². The predicted molar refractivity (Wildman–Crippen MR) is 86.6 cm³/mol. The maximum Gasteiger partial charge on any atom is 0.242 e. The molecule has 2 nitrogen and oxygen atoms in total. The summed E-state index contributed by atoms with van der Waals surface area (Å²) in [5.41, 5.74) is 2.22. The van der Waals surface area contributed by atoms with Gasteiger partial charge in [-0.15, -0.1) is 0 Å². The number of para-hydroxylation sites is 2. The Hall–Kier alpha value is -1.39. The van der Waals surface area contributed by atoms with Crippen LogP contribution in [0.1, 0.15) is 5.56 Å². The standard InChI is InChI=1S/C15H19NOSSi/c1-19(2,3)17-15-7-5-4-6-14(15)16-10-8-13-9-11-18-12-13/h4-7,9-12H,8H2,1-3H3. The van der Waals surface area contributed by atoms with Crippen LogP contribution in [0.15, 0.2) is 46.1 Å². The lowest BCUT2D eigenvalue weighted by molar-refractivity contribution is 0.559. The third-order valence-corrected chi connectivity index (χ3v) is 3.98. The van der Waals surface area contributed by atoms with E-state index in [1.807, 2.05) is 30.5 Å². The molecule has 1 aromatic heterocycles. The van der Waals surface area contributed by atoms with Crippen LogP contribution in [-0.4, -0.2) is 14.5 Å². The van der Waals surface area contributed by atoms with Gasteiger partial charge in [0.1, 0.15) is 11.4 Å². The fourth-order valence-electron chi connectivity index (χ4n) is 1.64. The van der Waals surface area contributed by atoms with Crippen LogP contribution in [0.4, 0.5) is 5.69 Å². The summed E-state index contributed by atoms with van der Waals surface area (Å²) in [7, 11) is -1.59. The smallest absolute Gasteiger partial charge is 0.242 e. The van der Waals surface area contributed by atoms with Gasteiger partial charge in [-0.2, -0.15) is 11.3 Å². The molecule has 19 heavy (non-hydrogen) atoms. The normalized spacial score (nSPS) is 11.9. The van der Waals surface area contributed by atoms with Gasteiger partial charge in [0.05, 0.1) is 0 Å². The van der Waals surface area contributed by atoms with Crippen molar-refractivity contribution in [1.82, 2.24) is 0 Å². The van der Waals surface area contributed by atoms with E-state index < -0.39 is 8.32 Å². The van der Waals surface area contributed by atoms with Crippen molar-refractivity contribution < 1.29 is 4.43 Å². The Morgan fingerprint density at radius 2 is 2.00 bits per heavy atom. The van der Waals surface area contributed by atoms with Crippen LogP contribution in [0.25, 0.3) is 0 Å². The largest absolute Gasteiger partial charge is 0.543 e. The van der Waals surface area contributed by atoms with Crippen LogP contribution in [0.2, 0.25) is 19.6 Å². The first-order valence-corrected chi connectivity index (χ1v) is 10.7. The summed E-state index contributed by atoms with van der Waals surface area (Å²) in [6, 6.07) is 10.1. The van der Waals surface area contributed by atoms with Crippen molar-refractivity contribution in [3.63, 3.8) is 0 Å². The summed E-state index contributed by atoms with van der Waals surface area (Å²) in [5, 5.41) is 4.24. The fourth-order valence-corrected chi connectivity index (χ4v) is 3.15. The molecule has 0 saturated heterocycles. The first-order chi connectivity index (χ1) is 9.04. The average Bonchev–Trinajstić information content (AvgIpc) is 2.82. The van der Waals surface area contributed by atoms with Crippen LogP contribution >= 0.6 is 11.3 Å². The van der Waals surface area contributed by atoms with Gasteiger partial charge in [0.15, 0.2) is 0 Å². The Balaban J connectivity index is 2.09. The van der Waals surface area contributed by atoms with E-state index in [0.29, 0.717) is 0 Å². The number of benzene rings is 1. The number of hydrogen-bond acceptors (Lipinski definition) is 3. The quantitative estimate of drug-likeness (QED) is 0.566. The van der Waals surface area contributed by atoms with Gasteiger partial charge in [0.2, 0.25) is 8.32 Å². The molecule has 0 spiro atoms. The Labute approximate surface area is 119 Å². The molecule has 0 aliphatic heterocycles. The highest BCUT2D eigenvalue weighted by molar-refractivity contribution is 7.07. The van der Waals surface area contributed by atoms with E-state index in [0.717, 1.165) is 17.9 Å². The Morgan fingerprint density at radius 1 is 1.21 bits per heavy atom. The molecule has 1 aromatic carbocycles. The van der Waals surface area contributed by atoms with E-state index in [4.69, 9.17) is 4.43 Å². The van der Waals surface area contributed by atoms with E-state index in [9.17, 15) is 0 Å². The predicted octanol–water partition coefficient (Wildman–Crippen LogP) is 4.91. The summed E-state index contributed by atoms with van der Waals surface area (Å²) < 4.78 is 6.05. The lowest BCUT2D eigenvalue weighted by Crippen LogP contribution is -2.29. The van der Waals surface area contributed by atoms with Crippen LogP contribution < -0.4 is 4.43 Å². The van der Waals surface area contributed by atoms with Gasteiger partial charge < -0.3 is 4.43 Å². The van der Waals surface area contributed by atoms with Crippen molar-refractivity contribution in [3.05, 3.63) is 46.7 Å². The molecule has 0 radical (unpaired) electrons. The minimum atomic E-state index is -1.59. The van der Waals surface area contributed by atoms with Gasteiger partial charge in [-0.05, 0) is 54.2 Å². The fraction of sp³-hybridized carbons (Fsp3) is 0.267. The number of nitrogens with zero attached hydrogens (tertiary/aromatic N) is 1. The average molecular weight is 289 g/mol. The molecular weight excluding hydrogens is 270 g/mol. The van der Waals surface area contributed by atoms with Crippen LogP contribution in [0.3, 0.4) is 0 Å². The SMILES string of the molecule is C[Si](C)(C)Oc1ccccc1N=CCc1ccsc1. The summed E-state index contributed by atoms with van der Waals surface area (Å²) in [5.74, 6) is 0.892. The molecule has 0 bridgehead atoms. The first kappa shape index (κ1) is 14.0.